The Bertz CT molecular complexity index is 4520. The van der Waals surface area contributed by atoms with E-state index in [-0.39, 0.29) is 0 Å². The molecular weight excluding hydrogens is 903 g/mol. The van der Waals surface area contributed by atoms with Crippen LogP contribution in [0, 0.1) is 0 Å². The Morgan fingerprint density at radius 1 is 0.274 bits per heavy atom. The van der Waals surface area contributed by atoms with Gasteiger partial charge in [0.25, 0.3) is 0 Å². The molecule has 15 rings (SSSR count). The van der Waals surface area contributed by atoms with Gasteiger partial charge in [0.15, 0.2) is 8.07 Å². The van der Waals surface area contributed by atoms with Gasteiger partial charge in [-0.25, -0.2) is 4.98 Å². The Labute approximate surface area is 422 Å². The second-order valence-electron chi connectivity index (χ2n) is 19.1. The van der Waals surface area contributed by atoms with Gasteiger partial charge in [-0.3, -0.25) is 8.97 Å². The monoisotopic (exact) mass is 947 g/mol. The molecule has 0 amide bonds. The van der Waals surface area contributed by atoms with E-state index in [4.69, 9.17) is 4.98 Å². The van der Waals surface area contributed by atoms with Crippen LogP contribution >= 0.6 is 0 Å². The van der Waals surface area contributed by atoms with Crippen molar-refractivity contribution < 1.29 is 0 Å². The fourth-order valence-electron chi connectivity index (χ4n) is 12.3. The summed E-state index contributed by atoms with van der Waals surface area (Å²) >= 11 is 0. The summed E-state index contributed by atoms with van der Waals surface area (Å²) in [5.41, 5.74) is 14.6. The van der Waals surface area contributed by atoms with E-state index in [2.05, 4.69) is 291 Å². The maximum Gasteiger partial charge on any atom is 0.220 e. The summed E-state index contributed by atoms with van der Waals surface area (Å²) in [6, 6.07) is 101. The first-order valence-electron chi connectivity index (χ1n) is 25.1. The van der Waals surface area contributed by atoms with E-state index in [1.54, 1.807) is 0 Å². The van der Waals surface area contributed by atoms with Crippen molar-refractivity contribution in [2.24, 2.45) is 0 Å². The van der Waals surface area contributed by atoms with Gasteiger partial charge in [0, 0.05) is 38.4 Å². The van der Waals surface area contributed by atoms with Gasteiger partial charge in [-0.05, 0) is 93.5 Å². The molecule has 0 radical (unpaired) electrons. The van der Waals surface area contributed by atoms with Gasteiger partial charge in [0.05, 0.1) is 55.5 Å². The molecule has 0 atom stereocenters. The van der Waals surface area contributed by atoms with Gasteiger partial charge in [-0.15, -0.1) is 0 Å². The van der Waals surface area contributed by atoms with Crippen molar-refractivity contribution in [1.29, 1.82) is 0 Å². The predicted octanol–water partition coefficient (Wildman–Crippen LogP) is 13.7. The van der Waals surface area contributed by atoms with Gasteiger partial charge in [0.2, 0.25) is 5.78 Å². The van der Waals surface area contributed by atoms with E-state index in [9.17, 15) is 0 Å². The minimum absolute atomic E-state index is 0.902. The molecule has 0 unspecified atom stereocenters. The molecule has 5 nitrogen and oxygen atoms in total. The largest absolute Gasteiger partial charge is 0.309 e. The number of rotatable bonds is 8. The Balaban J connectivity index is 0.933. The second kappa shape index (κ2) is 16.3. The number of hydrogen-bond acceptors (Lipinski definition) is 1. The molecule has 0 saturated heterocycles. The van der Waals surface area contributed by atoms with Crippen molar-refractivity contribution in [3.8, 4) is 28.2 Å². The van der Waals surface area contributed by atoms with Crippen LogP contribution in [0.1, 0.15) is 0 Å². The molecule has 4 heterocycles. The summed E-state index contributed by atoms with van der Waals surface area (Å²) in [7, 11) is -2.79. The number of hydrogen-bond donors (Lipinski definition) is 0. The van der Waals surface area contributed by atoms with Crippen molar-refractivity contribution >= 4 is 100 Å². The number of aromatic nitrogens is 5. The van der Waals surface area contributed by atoms with Crippen LogP contribution in [0.5, 0.6) is 0 Å². The van der Waals surface area contributed by atoms with Crippen LogP contribution in [-0.4, -0.2) is 31.2 Å². The highest BCUT2D eigenvalue weighted by Gasteiger charge is 2.41. The third-order valence-corrected chi connectivity index (χ3v) is 20.1. The number of para-hydroxylation sites is 8. The van der Waals surface area contributed by atoms with E-state index < -0.39 is 8.07 Å². The highest BCUT2D eigenvalue weighted by atomic mass is 28.3. The fraction of sp³-hybridized carbons (Fsp3) is 0. The standard InChI is InChI=1S/C67H45N5Si/c1-4-22-47(23-5-1)73(48-24-6-2-7-25-48,49-26-8-3-9-27-49)50-41-43-63-56(45-50)54-31-13-18-36-61(54)71(63)59-34-16-11-29-52(59)51-28-10-15-33-58(51)70-60-35-17-12-30-53(60)55-44-46(40-42-62(55)70)69-65-38-20-21-39-66(65)72-64-37-19-14-32-57(64)68-67(69)72/h1-45H. The van der Waals surface area contributed by atoms with Crippen molar-refractivity contribution in [2.45, 2.75) is 0 Å². The van der Waals surface area contributed by atoms with Crippen LogP contribution in [0.4, 0.5) is 0 Å². The third kappa shape index (κ3) is 6.05. The van der Waals surface area contributed by atoms with E-state index >= 15 is 0 Å². The average Bonchev–Trinajstić information content (AvgIpc) is 4.22. The molecule has 11 aromatic carbocycles. The third-order valence-electron chi connectivity index (χ3n) is 15.3. The predicted molar refractivity (Wildman–Crippen MR) is 307 cm³/mol. The minimum Gasteiger partial charge on any atom is -0.309 e. The molecule has 0 aliphatic heterocycles. The lowest BCUT2D eigenvalue weighted by molar-refractivity contribution is 1.11. The number of benzene rings is 11. The number of nitrogens with zero attached hydrogens (tertiary/aromatic N) is 5. The van der Waals surface area contributed by atoms with E-state index in [0.29, 0.717) is 0 Å². The molecule has 0 spiro atoms. The zero-order valence-electron chi connectivity index (χ0n) is 39.7. The zero-order chi connectivity index (χ0) is 48.0. The average molecular weight is 948 g/mol. The topological polar surface area (TPSA) is 32.1 Å². The van der Waals surface area contributed by atoms with Crippen molar-refractivity contribution in [3.63, 3.8) is 0 Å². The lowest BCUT2D eigenvalue weighted by atomic mass is 10.0. The molecule has 15 aromatic rings. The van der Waals surface area contributed by atoms with E-state index in [0.717, 1.165) is 67.1 Å². The first-order chi connectivity index (χ1) is 36.3. The lowest BCUT2D eigenvalue weighted by Gasteiger charge is -2.34. The van der Waals surface area contributed by atoms with Crippen LogP contribution in [0.2, 0.25) is 0 Å². The molecule has 342 valence electrons. The first-order valence-corrected chi connectivity index (χ1v) is 27.1. The molecule has 0 saturated carbocycles. The summed E-state index contributed by atoms with van der Waals surface area (Å²) in [5.74, 6) is 0.902. The fourth-order valence-corrected chi connectivity index (χ4v) is 17.1. The van der Waals surface area contributed by atoms with Gasteiger partial charge in [-0.2, -0.15) is 0 Å². The highest BCUT2D eigenvalue weighted by molar-refractivity contribution is 7.20. The minimum atomic E-state index is -2.79. The Morgan fingerprint density at radius 2 is 0.699 bits per heavy atom. The van der Waals surface area contributed by atoms with Gasteiger partial charge >= 0.3 is 0 Å². The Morgan fingerprint density at radius 3 is 1.27 bits per heavy atom. The molecule has 0 aliphatic carbocycles. The van der Waals surface area contributed by atoms with Gasteiger partial charge < -0.3 is 9.13 Å². The number of imidazole rings is 2. The molecule has 0 N–H and O–H groups in total. The molecular formula is C67H45N5Si. The van der Waals surface area contributed by atoms with Crippen LogP contribution in [0.25, 0.3) is 99.6 Å². The summed E-state index contributed by atoms with van der Waals surface area (Å²) < 4.78 is 9.56. The van der Waals surface area contributed by atoms with Crippen LogP contribution in [-0.2, 0) is 0 Å². The normalized spacial score (nSPS) is 12.1. The zero-order valence-corrected chi connectivity index (χ0v) is 40.7. The highest BCUT2D eigenvalue weighted by Crippen LogP contribution is 2.42. The molecule has 4 aromatic heterocycles. The summed E-state index contributed by atoms with van der Waals surface area (Å²) in [5, 5.41) is 10.3. The number of fused-ring (bicyclic) bond motifs is 11. The summed E-state index contributed by atoms with van der Waals surface area (Å²) in [6.07, 6.45) is 0. The quantitative estimate of drug-likeness (QED) is 0.110. The smallest absolute Gasteiger partial charge is 0.220 e. The van der Waals surface area contributed by atoms with Crippen LogP contribution in [0.15, 0.2) is 273 Å². The molecule has 0 fully saturated rings. The summed E-state index contributed by atoms with van der Waals surface area (Å²) in [6.45, 7) is 0. The van der Waals surface area contributed by atoms with Crippen molar-refractivity contribution in [1.82, 2.24) is 23.1 Å². The maximum absolute atomic E-state index is 5.21. The van der Waals surface area contributed by atoms with E-state index in [1.165, 1.54) is 53.3 Å². The van der Waals surface area contributed by atoms with E-state index in [1.807, 2.05) is 0 Å². The lowest BCUT2D eigenvalue weighted by Crippen LogP contribution is -2.74. The van der Waals surface area contributed by atoms with Gasteiger partial charge in [-0.1, -0.05) is 200 Å². The second-order valence-corrected chi connectivity index (χ2v) is 22.9. The van der Waals surface area contributed by atoms with Crippen LogP contribution < -0.4 is 20.7 Å². The maximum atomic E-state index is 5.21. The molecule has 6 heteroatoms. The molecule has 0 aliphatic rings. The van der Waals surface area contributed by atoms with Crippen molar-refractivity contribution in [3.05, 3.63) is 273 Å². The van der Waals surface area contributed by atoms with Crippen molar-refractivity contribution in [2.75, 3.05) is 0 Å². The molecule has 73 heavy (non-hydrogen) atoms. The summed E-state index contributed by atoms with van der Waals surface area (Å²) in [4.78, 5) is 5.21. The Kier molecular flexibility index (Phi) is 9.21. The first kappa shape index (κ1) is 41.3. The Hall–Kier alpha value is -9.49. The van der Waals surface area contributed by atoms with Crippen LogP contribution in [0.3, 0.4) is 0 Å². The molecule has 0 bridgehead atoms. The van der Waals surface area contributed by atoms with Gasteiger partial charge in [0.1, 0.15) is 0 Å². The SMILES string of the molecule is c1ccc([Si](c2ccccc2)(c2ccccc2)c2ccc3c(c2)c2ccccc2n3-c2ccccc2-c2ccccc2-n2c3ccccc3c3cc(-n4c5ccccc5n5c6ccccc6nc45)ccc32)cc1.